The Labute approximate surface area is 101 Å². The molecule has 88 valence electrons. The zero-order valence-electron chi connectivity index (χ0n) is 9.45. The summed E-state index contributed by atoms with van der Waals surface area (Å²) in [6, 6.07) is 6.17. The van der Waals surface area contributed by atoms with Crippen LogP contribution < -0.4 is 10.6 Å². The van der Waals surface area contributed by atoms with E-state index in [-0.39, 0.29) is 0 Å². The van der Waals surface area contributed by atoms with Gasteiger partial charge in [0.15, 0.2) is 0 Å². The van der Waals surface area contributed by atoms with E-state index in [1.807, 2.05) is 12.1 Å². The third-order valence-electron chi connectivity index (χ3n) is 3.11. The third kappa shape index (κ3) is 2.42. The number of hydrogen-bond acceptors (Lipinski definition) is 3. The molecule has 0 bridgehead atoms. The highest BCUT2D eigenvalue weighted by Gasteiger charge is 2.19. The number of benzene rings is 1. The quantitative estimate of drug-likeness (QED) is 0.808. The van der Waals surface area contributed by atoms with Gasteiger partial charge in [-0.15, -0.1) is 0 Å². The summed E-state index contributed by atoms with van der Waals surface area (Å²) in [5.41, 5.74) is 7.76. The summed E-state index contributed by atoms with van der Waals surface area (Å²) >= 11 is 5.89. The zero-order valence-corrected chi connectivity index (χ0v) is 10.2. The van der Waals surface area contributed by atoms with Crippen LogP contribution in [0.5, 0.6) is 0 Å². The van der Waals surface area contributed by atoms with Gasteiger partial charge in [0, 0.05) is 31.3 Å². The maximum absolute atomic E-state index is 5.97. The molecule has 0 saturated carbocycles. The Hall–Kier alpha value is -0.930. The maximum atomic E-state index is 5.97. The largest absolute Gasteiger partial charge is 0.397 e. The SMILES string of the molecule is CN(c1ccc(Cl)cc1N)C1CCOCC1. The van der Waals surface area contributed by atoms with Crippen LogP contribution in [0.2, 0.25) is 5.02 Å². The molecule has 1 aliphatic heterocycles. The van der Waals surface area contributed by atoms with E-state index in [0.717, 1.165) is 37.4 Å². The van der Waals surface area contributed by atoms with E-state index in [0.29, 0.717) is 11.1 Å². The average Bonchev–Trinajstić information content (AvgIpc) is 2.29. The van der Waals surface area contributed by atoms with E-state index < -0.39 is 0 Å². The van der Waals surface area contributed by atoms with Crippen molar-refractivity contribution >= 4 is 23.0 Å². The lowest BCUT2D eigenvalue weighted by atomic mass is 10.1. The van der Waals surface area contributed by atoms with Crippen molar-refractivity contribution in [1.29, 1.82) is 0 Å². The Bertz CT molecular complexity index is 364. The van der Waals surface area contributed by atoms with Crippen LogP contribution in [0.25, 0.3) is 0 Å². The average molecular weight is 241 g/mol. The van der Waals surface area contributed by atoms with Gasteiger partial charge in [-0.25, -0.2) is 0 Å². The number of nitrogen functional groups attached to an aromatic ring is 1. The first-order valence-corrected chi connectivity index (χ1v) is 5.92. The van der Waals surface area contributed by atoms with Gasteiger partial charge >= 0.3 is 0 Å². The summed E-state index contributed by atoms with van der Waals surface area (Å²) in [6.07, 6.45) is 2.11. The first kappa shape index (κ1) is 11.6. The molecule has 1 aromatic carbocycles. The summed E-state index contributed by atoms with van der Waals surface area (Å²) in [5, 5.41) is 0.682. The number of nitrogens with two attached hydrogens (primary N) is 1. The van der Waals surface area contributed by atoms with Gasteiger partial charge in [0.25, 0.3) is 0 Å². The van der Waals surface area contributed by atoms with E-state index in [2.05, 4.69) is 11.9 Å². The molecule has 1 heterocycles. The van der Waals surface area contributed by atoms with Gasteiger partial charge in [-0.3, -0.25) is 0 Å². The smallest absolute Gasteiger partial charge is 0.0600 e. The molecule has 0 atom stereocenters. The van der Waals surface area contributed by atoms with Crippen molar-refractivity contribution in [2.45, 2.75) is 18.9 Å². The first-order chi connectivity index (χ1) is 7.68. The topological polar surface area (TPSA) is 38.5 Å². The predicted molar refractivity (Wildman–Crippen MR) is 68.1 cm³/mol. The number of halogens is 1. The molecule has 1 fully saturated rings. The molecule has 1 aromatic rings. The molecule has 0 radical (unpaired) electrons. The van der Waals surface area contributed by atoms with Gasteiger partial charge < -0.3 is 15.4 Å². The van der Waals surface area contributed by atoms with Crippen molar-refractivity contribution < 1.29 is 4.74 Å². The highest BCUT2D eigenvalue weighted by Crippen LogP contribution is 2.29. The summed E-state index contributed by atoms with van der Waals surface area (Å²) in [7, 11) is 2.08. The highest BCUT2D eigenvalue weighted by atomic mass is 35.5. The molecule has 0 aromatic heterocycles. The summed E-state index contributed by atoms with van der Waals surface area (Å²) < 4.78 is 5.36. The van der Waals surface area contributed by atoms with Gasteiger partial charge in [-0.1, -0.05) is 11.6 Å². The molecule has 2 N–H and O–H groups in total. The minimum absolute atomic E-state index is 0.511. The fourth-order valence-corrected chi connectivity index (χ4v) is 2.30. The van der Waals surface area contributed by atoms with Crippen LogP contribution in [0.1, 0.15) is 12.8 Å². The molecule has 0 unspecified atom stereocenters. The number of ether oxygens (including phenoxy) is 1. The minimum Gasteiger partial charge on any atom is -0.397 e. The standard InChI is InChI=1S/C12H17ClN2O/c1-15(10-4-6-16-7-5-10)12-3-2-9(13)8-11(12)14/h2-3,8,10H,4-7,14H2,1H3. The van der Waals surface area contributed by atoms with E-state index >= 15 is 0 Å². The molecule has 4 heteroatoms. The molecule has 0 spiro atoms. The maximum Gasteiger partial charge on any atom is 0.0600 e. The summed E-state index contributed by atoms with van der Waals surface area (Å²) in [5.74, 6) is 0. The molecule has 0 amide bonds. The Morgan fingerprint density at radius 3 is 2.69 bits per heavy atom. The number of rotatable bonds is 2. The van der Waals surface area contributed by atoms with Crippen LogP contribution in [0.4, 0.5) is 11.4 Å². The normalized spacial score (nSPS) is 17.4. The fraction of sp³-hybridized carbons (Fsp3) is 0.500. The van der Waals surface area contributed by atoms with Gasteiger partial charge in [0.05, 0.1) is 11.4 Å². The van der Waals surface area contributed by atoms with Crippen LogP contribution >= 0.6 is 11.6 Å². The lowest BCUT2D eigenvalue weighted by Crippen LogP contribution is -2.37. The van der Waals surface area contributed by atoms with Crippen LogP contribution in [-0.2, 0) is 4.74 Å². The summed E-state index contributed by atoms with van der Waals surface area (Å²) in [4.78, 5) is 2.23. The van der Waals surface area contributed by atoms with Crippen molar-refractivity contribution in [3.05, 3.63) is 23.2 Å². The van der Waals surface area contributed by atoms with Gasteiger partial charge in [0.1, 0.15) is 0 Å². The highest BCUT2D eigenvalue weighted by molar-refractivity contribution is 6.31. The predicted octanol–water partition coefficient (Wildman–Crippen LogP) is 2.54. The van der Waals surface area contributed by atoms with Crippen LogP contribution in [0.3, 0.4) is 0 Å². The van der Waals surface area contributed by atoms with Crippen molar-refractivity contribution in [2.24, 2.45) is 0 Å². The second-order valence-electron chi connectivity index (χ2n) is 4.16. The van der Waals surface area contributed by atoms with Gasteiger partial charge in [-0.2, -0.15) is 0 Å². The minimum atomic E-state index is 0.511. The molecule has 16 heavy (non-hydrogen) atoms. The molecule has 1 saturated heterocycles. The Balaban J connectivity index is 2.15. The molecule has 0 aliphatic carbocycles. The lowest BCUT2D eigenvalue weighted by Gasteiger charge is -2.33. The first-order valence-electron chi connectivity index (χ1n) is 5.54. The van der Waals surface area contributed by atoms with Crippen molar-refractivity contribution in [1.82, 2.24) is 0 Å². The molecule has 3 nitrogen and oxygen atoms in total. The number of nitrogens with zero attached hydrogens (tertiary/aromatic N) is 1. The molecule has 1 aliphatic rings. The Kier molecular flexibility index (Phi) is 3.56. The van der Waals surface area contributed by atoms with E-state index in [1.165, 1.54) is 0 Å². The van der Waals surface area contributed by atoms with Crippen molar-refractivity contribution in [2.75, 3.05) is 30.9 Å². The fourth-order valence-electron chi connectivity index (χ4n) is 2.12. The van der Waals surface area contributed by atoms with Crippen molar-refractivity contribution in [3.63, 3.8) is 0 Å². The molecular formula is C12H17ClN2O. The third-order valence-corrected chi connectivity index (χ3v) is 3.34. The van der Waals surface area contributed by atoms with E-state index in [9.17, 15) is 0 Å². The summed E-state index contributed by atoms with van der Waals surface area (Å²) in [6.45, 7) is 1.67. The second-order valence-corrected chi connectivity index (χ2v) is 4.59. The number of anilines is 2. The van der Waals surface area contributed by atoms with Crippen LogP contribution in [0.15, 0.2) is 18.2 Å². The second kappa shape index (κ2) is 4.93. The molecular weight excluding hydrogens is 224 g/mol. The zero-order chi connectivity index (χ0) is 11.5. The lowest BCUT2D eigenvalue weighted by molar-refractivity contribution is 0.0855. The van der Waals surface area contributed by atoms with E-state index in [4.69, 9.17) is 22.1 Å². The van der Waals surface area contributed by atoms with Crippen molar-refractivity contribution in [3.8, 4) is 0 Å². The monoisotopic (exact) mass is 240 g/mol. The van der Waals surface area contributed by atoms with Crippen LogP contribution in [-0.4, -0.2) is 26.3 Å². The Morgan fingerprint density at radius 1 is 1.38 bits per heavy atom. The van der Waals surface area contributed by atoms with Gasteiger partial charge in [-0.05, 0) is 31.0 Å². The molecule has 2 rings (SSSR count). The van der Waals surface area contributed by atoms with Gasteiger partial charge in [0.2, 0.25) is 0 Å². The van der Waals surface area contributed by atoms with E-state index in [1.54, 1.807) is 6.07 Å². The number of hydrogen-bond donors (Lipinski definition) is 1. The van der Waals surface area contributed by atoms with Crippen LogP contribution in [0, 0.1) is 0 Å². The Morgan fingerprint density at radius 2 is 2.06 bits per heavy atom.